The first-order valence-corrected chi connectivity index (χ1v) is 10.4. The van der Waals surface area contributed by atoms with Gasteiger partial charge in [0.2, 0.25) is 15.9 Å². The van der Waals surface area contributed by atoms with Crippen LogP contribution in [0.5, 0.6) is 0 Å². The molecule has 1 heterocycles. The number of nitrogens with one attached hydrogen (secondary N) is 1. The smallest absolute Gasteiger partial charge is 0.243 e. The maximum absolute atomic E-state index is 12.5. The third kappa shape index (κ3) is 4.38. The number of hydrogen-bond acceptors (Lipinski definition) is 3. The Morgan fingerprint density at radius 3 is 2.31 bits per heavy atom. The van der Waals surface area contributed by atoms with E-state index in [9.17, 15) is 13.2 Å². The van der Waals surface area contributed by atoms with Gasteiger partial charge in [-0.3, -0.25) is 4.79 Å². The summed E-state index contributed by atoms with van der Waals surface area (Å²) in [4.78, 5) is 12.4. The molecule has 0 radical (unpaired) electrons. The number of sulfonamides is 1. The highest BCUT2D eigenvalue weighted by Gasteiger charge is 2.26. The van der Waals surface area contributed by atoms with Crippen LogP contribution in [0.4, 0.5) is 5.69 Å². The van der Waals surface area contributed by atoms with Crippen molar-refractivity contribution in [3.8, 4) is 0 Å². The Kier molecular flexibility index (Phi) is 5.87. The molecule has 26 heavy (non-hydrogen) atoms. The highest BCUT2D eigenvalue weighted by molar-refractivity contribution is 7.89. The number of nitrogens with zero attached hydrogens (tertiary/aromatic N) is 1. The molecule has 2 aromatic rings. The van der Waals surface area contributed by atoms with Crippen molar-refractivity contribution in [3.63, 3.8) is 0 Å². The van der Waals surface area contributed by atoms with E-state index in [1.807, 2.05) is 0 Å². The summed E-state index contributed by atoms with van der Waals surface area (Å²) < 4.78 is 26.5. The van der Waals surface area contributed by atoms with Crippen molar-refractivity contribution in [2.24, 2.45) is 0 Å². The standard InChI is InChI=1S/C18H18Cl2N2O3S/c19-14-4-3-13(17(20)12-14)11-18(23)21-15-5-7-16(8-6-15)26(24,25)22-9-1-2-10-22/h3-8,12H,1-2,9-11H2,(H,21,23). The summed E-state index contributed by atoms with van der Waals surface area (Å²) in [6.07, 6.45) is 1.88. The molecule has 3 rings (SSSR count). The molecule has 2 aromatic carbocycles. The summed E-state index contributed by atoms with van der Waals surface area (Å²) in [6.45, 7) is 1.12. The van der Waals surface area contributed by atoms with Gasteiger partial charge in [-0.15, -0.1) is 0 Å². The SMILES string of the molecule is O=C(Cc1ccc(Cl)cc1Cl)Nc1ccc(S(=O)(=O)N2CCCC2)cc1. The summed E-state index contributed by atoms with van der Waals surface area (Å²) in [6, 6.07) is 11.2. The van der Waals surface area contributed by atoms with Gasteiger partial charge < -0.3 is 5.32 Å². The molecule has 1 saturated heterocycles. The van der Waals surface area contributed by atoms with Gasteiger partial charge in [-0.25, -0.2) is 8.42 Å². The second-order valence-corrected chi connectivity index (χ2v) is 8.88. The molecule has 0 unspecified atom stereocenters. The predicted molar refractivity (Wildman–Crippen MR) is 103 cm³/mol. The van der Waals surface area contributed by atoms with E-state index in [-0.39, 0.29) is 17.2 Å². The van der Waals surface area contributed by atoms with E-state index < -0.39 is 10.0 Å². The number of carbonyl (C=O) groups excluding carboxylic acids is 1. The van der Waals surface area contributed by atoms with Gasteiger partial charge in [-0.2, -0.15) is 4.31 Å². The van der Waals surface area contributed by atoms with Crippen LogP contribution in [0, 0.1) is 0 Å². The van der Waals surface area contributed by atoms with Crippen molar-refractivity contribution >= 4 is 44.8 Å². The van der Waals surface area contributed by atoms with Crippen molar-refractivity contribution in [3.05, 3.63) is 58.1 Å². The Morgan fingerprint density at radius 2 is 1.69 bits per heavy atom. The second kappa shape index (κ2) is 7.96. The van der Waals surface area contributed by atoms with Crippen molar-refractivity contribution in [2.75, 3.05) is 18.4 Å². The molecule has 0 atom stereocenters. The number of amides is 1. The van der Waals surface area contributed by atoms with E-state index in [1.165, 1.54) is 16.4 Å². The molecule has 0 bridgehead atoms. The van der Waals surface area contributed by atoms with Crippen LogP contribution in [-0.4, -0.2) is 31.7 Å². The fourth-order valence-corrected chi connectivity index (χ4v) is 4.82. The predicted octanol–water partition coefficient (Wildman–Crippen LogP) is 3.96. The number of anilines is 1. The zero-order valence-corrected chi connectivity index (χ0v) is 16.2. The lowest BCUT2D eigenvalue weighted by Gasteiger charge is -2.15. The molecule has 0 aliphatic carbocycles. The minimum Gasteiger partial charge on any atom is -0.326 e. The average molecular weight is 413 g/mol. The van der Waals surface area contributed by atoms with Gasteiger partial charge in [-0.05, 0) is 54.8 Å². The molecular formula is C18H18Cl2N2O3S. The number of carbonyl (C=O) groups is 1. The molecule has 0 spiro atoms. The average Bonchev–Trinajstić information content (AvgIpc) is 3.13. The highest BCUT2D eigenvalue weighted by atomic mass is 35.5. The van der Waals surface area contributed by atoms with Crippen molar-refractivity contribution in [1.82, 2.24) is 4.31 Å². The van der Waals surface area contributed by atoms with E-state index >= 15 is 0 Å². The van der Waals surface area contributed by atoms with Gasteiger partial charge in [0.05, 0.1) is 11.3 Å². The van der Waals surface area contributed by atoms with Crippen LogP contribution in [-0.2, 0) is 21.2 Å². The summed E-state index contributed by atoms with van der Waals surface area (Å²) in [5.41, 5.74) is 1.20. The Labute approximate surface area is 163 Å². The fraction of sp³-hybridized carbons (Fsp3) is 0.278. The van der Waals surface area contributed by atoms with Gasteiger partial charge in [0.25, 0.3) is 0 Å². The first kappa shape index (κ1) is 19.2. The van der Waals surface area contributed by atoms with Gasteiger partial charge in [0.15, 0.2) is 0 Å². The van der Waals surface area contributed by atoms with Gasteiger partial charge >= 0.3 is 0 Å². The first-order chi connectivity index (χ1) is 12.4. The van der Waals surface area contributed by atoms with Crippen molar-refractivity contribution in [1.29, 1.82) is 0 Å². The van der Waals surface area contributed by atoms with Crippen LogP contribution in [0.3, 0.4) is 0 Å². The monoisotopic (exact) mass is 412 g/mol. The van der Waals surface area contributed by atoms with E-state index in [2.05, 4.69) is 5.32 Å². The summed E-state index contributed by atoms with van der Waals surface area (Å²) >= 11 is 11.9. The fourth-order valence-electron chi connectivity index (χ4n) is 2.83. The minimum absolute atomic E-state index is 0.101. The zero-order chi connectivity index (χ0) is 18.7. The molecule has 1 fully saturated rings. The van der Waals surface area contributed by atoms with E-state index in [0.29, 0.717) is 34.4 Å². The van der Waals surface area contributed by atoms with Crippen LogP contribution in [0.25, 0.3) is 0 Å². The third-order valence-electron chi connectivity index (χ3n) is 4.21. The van der Waals surface area contributed by atoms with E-state index in [0.717, 1.165) is 12.8 Å². The maximum atomic E-state index is 12.5. The summed E-state index contributed by atoms with van der Waals surface area (Å²) in [7, 11) is -3.45. The number of halogens is 2. The molecule has 138 valence electrons. The van der Waals surface area contributed by atoms with Gasteiger partial charge in [0.1, 0.15) is 0 Å². The lowest BCUT2D eigenvalue weighted by Crippen LogP contribution is -2.27. The second-order valence-electron chi connectivity index (χ2n) is 6.10. The molecule has 0 aromatic heterocycles. The third-order valence-corrected chi connectivity index (χ3v) is 6.71. The van der Waals surface area contributed by atoms with Crippen LogP contribution in [0.2, 0.25) is 10.0 Å². The minimum atomic E-state index is -3.45. The lowest BCUT2D eigenvalue weighted by molar-refractivity contribution is -0.115. The van der Waals surface area contributed by atoms with Crippen molar-refractivity contribution < 1.29 is 13.2 Å². The summed E-state index contributed by atoms with van der Waals surface area (Å²) in [5, 5.41) is 3.68. The van der Waals surface area contributed by atoms with Crippen LogP contribution in [0.15, 0.2) is 47.4 Å². The Morgan fingerprint density at radius 1 is 1.04 bits per heavy atom. The van der Waals surface area contributed by atoms with E-state index in [4.69, 9.17) is 23.2 Å². The molecule has 1 N–H and O–H groups in total. The lowest BCUT2D eigenvalue weighted by atomic mass is 10.1. The molecule has 5 nitrogen and oxygen atoms in total. The quantitative estimate of drug-likeness (QED) is 0.807. The molecule has 0 saturated carbocycles. The molecule has 1 aliphatic heterocycles. The highest BCUT2D eigenvalue weighted by Crippen LogP contribution is 2.23. The number of rotatable bonds is 5. The zero-order valence-electron chi connectivity index (χ0n) is 13.9. The van der Waals surface area contributed by atoms with Crippen LogP contribution >= 0.6 is 23.2 Å². The van der Waals surface area contributed by atoms with Gasteiger partial charge in [0, 0.05) is 28.8 Å². The molecule has 1 amide bonds. The maximum Gasteiger partial charge on any atom is 0.243 e. The molecular weight excluding hydrogens is 395 g/mol. The Hall–Kier alpha value is -1.60. The topological polar surface area (TPSA) is 66.5 Å². The normalized spacial score (nSPS) is 15.2. The number of benzene rings is 2. The molecule has 1 aliphatic rings. The van der Waals surface area contributed by atoms with Crippen LogP contribution in [0.1, 0.15) is 18.4 Å². The Balaban J connectivity index is 1.66. The van der Waals surface area contributed by atoms with Crippen molar-refractivity contribution in [2.45, 2.75) is 24.2 Å². The Bertz CT molecular complexity index is 909. The number of hydrogen-bond donors (Lipinski definition) is 1. The van der Waals surface area contributed by atoms with E-state index in [1.54, 1.807) is 30.3 Å². The summed E-state index contributed by atoms with van der Waals surface area (Å²) in [5.74, 6) is -0.246. The first-order valence-electron chi connectivity index (χ1n) is 8.20. The molecule has 8 heteroatoms. The largest absolute Gasteiger partial charge is 0.326 e. The van der Waals surface area contributed by atoms with Crippen LogP contribution < -0.4 is 5.32 Å². The van der Waals surface area contributed by atoms with Gasteiger partial charge in [-0.1, -0.05) is 29.3 Å².